The molecule has 0 aliphatic heterocycles. The number of hydrogen-bond acceptors (Lipinski definition) is 4. The van der Waals surface area contributed by atoms with Gasteiger partial charge in [-0.15, -0.1) is 0 Å². The summed E-state index contributed by atoms with van der Waals surface area (Å²) in [5.41, 5.74) is 1.30. The molecule has 42 heavy (non-hydrogen) atoms. The predicted molar refractivity (Wildman–Crippen MR) is 168 cm³/mol. The molecule has 10 heteroatoms. The number of halogens is 2. The summed E-state index contributed by atoms with van der Waals surface area (Å²) in [4.78, 5) is 29.1. The topological polar surface area (TPSA) is 86.8 Å². The van der Waals surface area contributed by atoms with Crippen LogP contribution in [0.25, 0.3) is 10.8 Å². The molecule has 0 radical (unpaired) electrons. The van der Waals surface area contributed by atoms with Gasteiger partial charge in [0, 0.05) is 41.7 Å². The Balaban J connectivity index is 1.71. The first kappa shape index (κ1) is 31.5. The van der Waals surface area contributed by atoms with E-state index in [0.29, 0.717) is 15.6 Å². The molecule has 0 heterocycles. The van der Waals surface area contributed by atoms with Gasteiger partial charge in [-0.1, -0.05) is 89.9 Å². The Morgan fingerprint density at radius 2 is 1.45 bits per heavy atom. The molecule has 0 unspecified atom stereocenters. The van der Waals surface area contributed by atoms with Crippen LogP contribution in [0.2, 0.25) is 10.0 Å². The third-order valence-electron chi connectivity index (χ3n) is 6.88. The van der Waals surface area contributed by atoms with Crippen molar-refractivity contribution in [3.8, 4) is 0 Å². The zero-order valence-corrected chi connectivity index (χ0v) is 26.0. The number of likely N-dealkylation sites (N-methyl/N-ethyl adjacent to an activating group) is 1. The summed E-state index contributed by atoms with van der Waals surface area (Å²) in [6.07, 6.45) is 0.203. The quantitative estimate of drug-likeness (QED) is 0.224. The van der Waals surface area contributed by atoms with Crippen LogP contribution in [-0.4, -0.2) is 55.1 Å². The lowest BCUT2D eigenvalue weighted by Gasteiger charge is -2.33. The normalized spacial score (nSPS) is 12.5. The van der Waals surface area contributed by atoms with Gasteiger partial charge in [0.25, 0.3) is 0 Å². The van der Waals surface area contributed by atoms with E-state index in [2.05, 4.69) is 5.32 Å². The summed E-state index contributed by atoms with van der Waals surface area (Å²) in [5, 5.41) is 5.24. The monoisotopic (exact) mass is 625 g/mol. The van der Waals surface area contributed by atoms with Crippen molar-refractivity contribution in [3.05, 3.63) is 112 Å². The summed E-state index contributed by atoms with van der Waals surface area (Å²) in [6.45, 7) is 3.07. The Bertz CT molecular complexity index is 1660. The van der Waals surface area contributed by atoms with Crippen molar-refractivity contribution in [1.82, 2.24) is 14.5 Å². The molecule has 0 saturated carbocycles. The number of benzene rings is 4. The third-order valence-corrected chi connectivity index (χ3v) is 9.39. The molecule has 2 amide bonds. The summed E-state index contributed by atoms with van der Waals surface area (Å²) >= 11 is 13.0. The average molecular weight is 627 g/mol. The van der Waals surface area contributed by atoms with Crippen LogP contribution in [0, 0.1) is 0 Å². The summed E-state index contributed by atoms with van der Waals surface area (Å²) in [5.74, 6) is -0.942. The number of carbonyl (C=O) groups is 2. The molecule has 1 N–H and O–H groups in total. The summed E-state index contributed by atoms with van der Waals surface area (Å²) < 4.78 is 28.1. The lowest BCUT2D eigenvalue weighted by molar-refractivity contribution is -0.141. The Hall–Kier alpha value is -3.43. The van der Waals surface area contributed by atoms with Crippen LogP contribution < -0.4 is 5.32 Å². The van der Waals surface area contributed by atoms with Crippen molar-refractivity contribution in [2.24, 2.45) is 0 Å². The minimum atomic E-state index is -4.04. The number of carbonyl (C=O) groups excluding carboxylic acids is 2. The lowest BCUT2D eigenvalue weighted by Crippen LogP contribution is -2.54. The van der Waals surface area contributed by atoms with Crippen LogP contribution in [-0.2, 0) is 32.6 Å². The first-order chi connectivity index (χ1) is 20.0. The first-order valence-corrected chi connectivity index (χ1v) is 15.7. The second-order valence-corrected chi connectivity index (χ2v) is 13.2. The molecular weight excluding hydrogens is 593 g/mol. The minimum Gasteiger partial charge on any atom is -0.352 e. The molecule has 4 rings (SSSR count). The van der Waals surface area contributed by atoms with Crippen LogP contribution in [0.3, 0.4) is 0 Å². The van der Waals surface area contributed by atoms with E-state index in [1.54, 1.807) is 30.3 Å². The highest BCUT2D eigenvalue weighted by molar-refractivity contribution is 7.89. The van der Waals surface area contributed by atoms with Gasteiger partial charge in [-0.05, 0) is 54.4 Å². The van der Waals surface area contributed by atoms with E-state index < -0.39 is 28.5 Å². The largest absolute Gasteiger partial charge is 0.352 e. The smallest absolute Gasteiger partial charge is 0.243 e. The molecule has 0 spiro atoms. The minimum absolute atomic E-state index is 0.0654. The first-order valence-electron chi connectivity index (χ1n) is 13.5. The maximum Gasteiger partial charge on any atom is 0.243 e. The fraction of sp³-hybridized carbons (Fsp3) is 0.250. The molecule has 0 aliphatic rings. The maximum atomic E-state index is 14.0. The van der Waals surface area contributed by atoms with Crippen molar-refractivity contribution in [2.75, 3.05) is 13.6 Å². The van der Waals surface area contributed by atoms with Crippen LogP contribution >= 0.6 is 23.2 Å². The number of nitrogens with one attached hydrogen (secondary N) is 1. The summed E-state index contributed by atoms with van der Waals surface area (Å²) in [6, 6.07) is 25.4. The van der Waals surface area contributed by atoms with Gasteiger partial charge in [0.1, 0.15) is 6.04 Å². The van der Waals surface area contributed by atoms with Crippen molar-refractivity contribution in [2.45, 2.75) is 43.8 Å². The highest BCUT2D eigenvalue weighted by Gasteiger charge is 2.34. The highest BCUT2D eigenvalue weighted by Crippen LogP contribution is 2.28. The highest BCUT2D eigenvalue weighted by atomic mass is 35.5. The lowest BCUT2D eigenvalue weighted by atomic mass is 10.0. The Labute approximate surface area is 257 Å². The molecule has 7 nitrogen and oxygen atoms in total. The Kier molecular flexibility index (Phi) is 10.3. The van der Waals surface area contributed by atoms with E-state index in [1.807, 2.05) is 68.4 Å². The SMILES string of the molecule is CC(C)NC(=O)[C@H](Cc1ccccc1)N(Cc1c(Cl)cccc1Cl)C(=O)CN(C)S(=O)(=O)c1ccc2ccccc2c1. The second kappa shape index (κ2) is 13.7. The van der Waals surface area contributed by atoms with Gasteiger partial charge in [-0.25, -0.2) is 8.42 Å². The number of fused-ring (bicyclic) bond motifs is 1. The maximum absolute atomic E-state index is 14.0. The van der Waals surface area contributed by atoms with Crippen molar-refractivity contribution < 1.29 is 18.0 Å². The van der Waals surface area contributed by atoms with E-state index >= 15 is 0 Å². The Morgan fingerprint density at radius 3 is 2.10 bits per heavy atom. The molecule has 0 aromatic heterocycles. The molecular formula is C32H33Cl2N3O4S. The molecule has 0 fully saturated rings. The van der Waals surface area contributed by atoms with Gasteiger partial charge in [0.2, 0.25) is 21.8 Å². The van der Waals surface area contributed by atoms with Crippen LogP contribution in [0.4, 0.5) is 0 Å². The van der Waals surface area contributed by atoms with E-state index in [0.717, 1.165) is 20.6 Å². The molecule has 0 aliphatic carbocycles. The van der Waals surface area contributed by atoms with Crippen molar-refractivity contribution in [1.29, 1.82) is 0 Å². The molecule has 4 aromatic carbocycles. The number of hydrogen-bond donors (Lipinski definition) is 1. The van der Waals surface area contributed by atoms with E-state index in [1.165, 1.54) is 18.0 Å². The fourth-order valence-corrected chi connectivity index (χ4v) is 6.34. The van der Waals surface area contributed by atoms with Gasteiger partial charge in [0.05, 0.1) is 11.4 Å². The third kappa shape index (κ3) is 7.50. The van der Waals surface area contributed by atoms with E-state index in [-0.39, 0.29) is 29.8 Å². The van der Waals surface area contributed by atoms with Gasteiger partial charge in [0.15, 0.2) is 0 Å². The van der Waals surface area contributed by atoms with Crippen LogP contribution in [0.15, 0.2) is 95.9 Å². The fourth-order valence-electron chi connectivity index (χ4n) is 4.66. The number of sulfonamides is 1. The second-order valence-electron chi connectivity index (χ2n) is 10.4. The standard InChI is InChI=1S/C32H33Cl2N3O4S/c1-22(2)35-32(39)30(18-23-10-5-4-6-11-23)37(20-27-28(33)14-9-15-29(27)34)31(38)21-36(3)42(40,41)26-17-16-24-12-7-8-13-25(24)19-26/h4-17,19,22,30H,18,20-21H2,1-3H3,(H,35,39)/t30-/m0/s1. The van der Waals surface area contributed by atoms with Gasteiger partial charge in [-0.2, -0.15) is 4.31 Å². The number of nitrogens with zero attached hydrogens (tertiary/aromatic N) is 2. The van der Waals surface area contributed by atoms with Gasteiger partial charge >= 0.3 is 0 Å². The molecule has 220 valence electrons. The Morgan fingerprint density at radius 1 is 0.833 bits per heavy atom. The van der Waals surface area contributed by atoms with Crippen molar-refractivity contribution in [3.63, 3.8) is 0 Å². The predicted octanol–water partition coefficient (Wildman–Crippen LogP) is 5.93. The molecule has 0 saturated heterocycles. The van der Waals surface area contributed by atoms with Gasteiger partial charge < -0.3 is 10.2 Å². The van der Waals surface area contributed by atoms with E-state index in [9.17, 15) is 18.0 Å². The van der Waals surface area contributed by atoms with Crippen molar-refractivity contribution >= 4 is 55.8 Å². The molecule has 4 aromatic rings. The summed E-state index contributed by atoms with van der Waals surface area (Å²) in [7, 11) is -2.69. The average Bonchev–Trinajstić information content (AvgIpc) is 2.96. The van der Waals surface area contributed by atoms with Crippen LogP contribution in [0.1, 0.15) is 25.0 Å². The molecule has 0 bridgehead atoms. The van der Waals surface area contributed by atoms with Gasteiger partial charge in [-0.3, -0.25) is 9.59 Å². The van der Waals surface area contributed by atoms with E-state index in [4.69, 9.17) is 23.2 Å². The molecule has 1 atom stereocenters. The number of rotatable bonds is 11. The van der Waals surface area contributed by atoms with Crippen LogP contribution in [0.5, 0.6) is 0 Å². The zero-order chi connectivity index (χ0) is 30.4. The number of amides is 2. The zero-order valence-electron chi connectivity index (χ0n) is 23.6.